The van der Waals surface area contributed by atoms with Crippen molar-refractivity contribution in [3.05, 3.63) is 151 Å². The van der Waals surface area contributed by atoms with E-state index < -0.39 is 24.2 Å². The summed E-state index contributed by atoms with van der Waals surface area (Å²) < 4.78 is 2.71. The van der Waals surface area contributed by atoms with E-state index in [0.717, 1.165) is 5.56 Å². The van der Waals surface area contributed by atoms with Crippen LogP contribution in [0.25, 0.3) is 0 Å². The monoisotopic (exact) mass is 557 g/mol. The van der Waals surface area contributed by atoms with Crippen LogP contribution in [-0.4, -0.2) is 8.07 Å². The summed E-state index contributed by atoms with van der Waals surface area (Å²) in [5.74, 6) is 3.52. The SMILES string of the molecule is C[Si](C)(C)C#Cc1cccc(N(P(c2ccccc2)c2ccccc2)P(c2ccccc2)c2ccccc2)c1. The zero-order valence-electron chi connectivity index (χ0n) is 22.7. The number of hydrogen-bond donors (Lipinski definition) is 0. The Morgan fingerprint density at radius 1 is 0.487 bits per heavy atom. The van der Waals surface area contributed by atoms with Gasteiger partial charge in [0.1, 0.15) is 8.07 Å². The van der Waals surface area contributed by atoms with Crippen molar-refractivity contribution in [1.29, 1.82) is 0 Å². The third-order valence-corrected chi connectivity index (χ3v) is 12.4. The van der Waals surface area contributed by atoms with Crippen LogP contribution in [0.4, 0.5) is 5.69 Å². The molecule has 4 heteroatoms. The maximum absolute atomic E-state index is 3.57. The zero-order chi connectivity index (χ0) is 27.1. The third-order valence-electron chi connectivity index (χ3n) is 6.04. The first-order chi connectivity index (χ1) is 19.0. The Balaban J connectivity index is 1.79. The Bertz CT molecular complexity index is 1380. The predicted octanol–water partition coefficient (Wildman–Crippen LogP) is 7.82. The molecule has 192 valence electrons. The molecule has 1 nitrogen and oxygen atoms in total. The van der Waals surface area contributed by atoms with E-state index in [2.05, 4.69) is 181 Å². The molecule has 5 aromatic carbocycles. The molecular formula is C35H33NP2Si. The quantitative estimate of drug-likeness (QED) is 0.112. The van der Waals surface area contributed by atoms with Crippen LogP contribution in [-0.2, 0) is 0 Å². The van der Waals surface area contributed by atoms with Gasteiger partial charge < -0.3 is 4.44 Å². The average molecular weight is 558 g/mol. The summed E-state index contributed by atoms with van der Waals surface area (Å²) >= 11 is 0. The molecule has 0 aliphatic heterocycles. The van der Waals surface area contributed by atoms with Crippen LogP contribution in [0.15, 0.2) is 146 Å². The highest BCUT2D eigenvalue weighted by Gasteiger charge is 2.32. The van der Waals surface area contributed by atoms with Gasteiger partial charge in [-0.25, -0.2) is 0 Å². The molecule has 0 aliphatic rings. The molecule has 0 saturated carbocycles. The Labute approximate surface area is 237 Å². The second-order valence-corrected chi connectivity index (χ2v) is 19.5. The van der Waals surface area contributed by atoms with E-state index in [1.165, 1.54) is 26.9 Å². The van der Waals surface area contributed by atoms with Crippen molar-refractivity contribution in [2.24, 2.45) is 0 Å². The Morgan fingerprint density at radius 2 is 0.872 bits per heavy atom. The molecule has 5 aromatic rings. The predicted molar refractivity (Wildman–Crippen MR) is 177 cm³/mol. The summed E-state index contributed by atoms with van der Waals surface area (Å²) in [5.41, 5.74) is 5.85. The summed E-state index contributed by atoms with van der Waals surface area (Å²) in [7, 11) is -3.30. The van der Waals surface area contributed by atoms with Crippen LogP contribution in [0.5, 0.6) is 0 Å². The highest BCUT2D eigenvalue weighted by molar-refractivity contribution is 7.90. The lowest BCUT2D eigenvalue weighted by atomic mass is 10.2. The van der Waals surface area contributed by atoms with E-state index in [1.807, 2.05) is 0 Å². The van der Waals surface area contributed by atoms with Crippen LogP contribution in [0.1, 0.15) is 5.56 Å². The standard InChI is InChI=1S/C35H33NP2Si/c1-39(2,3)28-27-30-17-16-18-31(29-30)36(37(32-19-8-4-9-20-32)33-21-10-5-11-22-33)38(34-23-12-6-13-24-34)35-25-14-7-15-26-35/h4-26,29H,1-3H3. The molecule has 0 spiro atoms. The zero-order valence-corrected chi connectivity index (χ0v) is 25.5. The molecule has 0 radical (unpaired) electrons. The normalized spacial score (nSPS) is 11.2. The van der Waals surface area contributed by atoms with Gasteiger partial charge in [0.05, 0.1) is 16.1 Å². The molecule has 39 heavy (non-hydrogen) atoms. The number of hydrogen-bond acceptors (Lipinski definition) is 1. The van der Waals surface area contributed by atoms with E-state index in [-0.39, 0.29) is 0 Å². The van der Waals surface area contributed by atoms with E-state index in [9.17, 15) is 0 Å². The van der Waals surface area contributed by atoms with E-state index in [1.54, 1.807) is 0 Å². The average Bonchev–Trinajstić information content (AvgIpc) is 2.98. The molecule has 0 saturated heterocycles. The van der Waals surface area contributed by atoms with Crippen molar-refractivity contribution < 1.29 is 0 Å². The van der Waals surface area contributed by atoms with Crippen LogP contribution in [0.2, 0.25) is 19.6 Å². The molecule has 0 heterocycles. The Kier molecular flexibility index (Phi) is 8.76. The lowest BCUT2D eigenvalue weighted by Gasteiger charge is -2.40. The van der Waals surface area contributed by atoms with E-state index in [4.69, 9.17) is 0 Å². The fourth-order valence-electron chi connectivity index (χ4n) is 4.30. The number of nitrogens with zero attached hydrogens (tertiary/aromatic N) is 1. The van der Waals surface area contributed by atoms with Gasteiger partial charge in [0.2, 0.25) is 0 Å². The van der Waals surface area contributed by atoms with E-state index >= 15 is 0 Å². The van der Waals surface area contributed by atoms with Crippen LogP contribution < -0.4 is 25.7 Å². The van der Waals surface area contributed by atoms with Crippen molar-refractivity contribution in [2.45, 2.75) is 19.6 Å². The summed E-state index contributed by atoms with van der Waals surface area (Å²) in [6.45, 7) is 6.89. The first-order valence-corrected chi connectivity index (χ1v) is 19.3. The van der Waals surface area contributed by atoms with Crippen molar-refractivity contribution >= 4 is 51.1 Å². The minimum atomic E-state index is -1.51. The Hall–Kier alpha value is -3.46. The maximum atomic E-state index is 3.57. The molecule has 0 aliphatic carbocycles. The summed E-state index contributed by atoms with van der Waals surface area (Å²) in [4.78, 5) is 0. The molecule has 0 bridgehead atoms. The smallest absolute Gasteiger partial charge is 0.129 e. The van der Waals surface area contributed by atoms with Gasteiger partial charge in [0.25, 0.3) is 0 Å². The van der Waals surface area contributed by atoms with Crippen molar-refractivity contribution in [2.75, 3.05) is 4.44 Å². The fraction of sp³-hybridized carbons (Fsp3) is 0.0857. The van der Waals surface area contributed by atoms with Gasteiger partial charge in [-0.1, -0.05) is 153 Å². The molecule has 0 unspecified atom stereocenters. The summed E-state index contributed by atoms with van der Waals surface area (Å²) in [6, 6.07) is 52.9. The molecule has 0 aromatic heterocycles. The molecule has 0 N–H and O–H groups in total. The van der Waals surface area contributed by atoms with Gasteiger partial charge in [0.15, 0.2) is 0 Å². The van der Waals surface area contributed by atoms with Gasteiger partial charge in [-0.3, -0.25) is 0 Å². The fourth-order valence-corrected chi connectivity index (χ4v) is 10.8. The minimum Gasteiger partial charge on any atom is -0.313 e. The maximum Gasteiger partial charge on any atom is 0.129 e. The van der Waals surface area contributed by atoms with Crippen molar-refractivity contribution in [3.63, 3.8) is 0 Å². The number of benzene rings is 5. The second kappa shape index (κ2) is 12.6. The lowest BCUT2D eigenvalue weighted by Crippen LogP contribution is -2.31. The van der Waals surface area contributed by atoms with Gasteiger partial charge in [-0.05, 0) is 18.2 Å². The molecular weight excluding hydrogens is 524 g/mol. The van der Waals surface area contributed by atoms with Crippen LogP contribution in [0.3, 0.4) is 0 Å². The lowest BCUT2D eigenvalue weighted by molar-refractivity contribution is 1.54. The number of anilines is 1. The second-order valence-electron chi connectivity index (χ2n) is 10.3. The molecule has 5 rings (SSSR count). The first-order valence-electron chi connectivity index (χ1n) is 13.2. The molecule has 0 amide bonds. The van der Waals surface area contributed by atoms with Gasteiger partial charge in [-0.15, -0.1) is 5.54 Å². The van der Waals surface area contributed by atoms with Crippen LogP contribution in [0, 0.1) is 11.5 Å². The molecule has 0 atom stereocenters. The van der Waals surface area contributed by atoms with Crippen molar-refractivity contribution in [1.82, 2.24) is 0 Å². The van der Waals surface area contributed by atoms with Gasteiger partial charge in [0, 0.05) is 32.5 Å². The highest BCUT2D eigenvalue weighted by atomic mass is 31.2. The third kappa shape index (κ3) is 6.95. The summed E-state index contributed by atoms with van der Waals surface area (Å²) in [5, 5.41) is 5.32. The largest absolute Gasteiger partial charge is 0.313 e. The van der Waals surface area contributed by atoms with Gasteiger partial charge >= 0.3 is 0 Å². The number of rotatable bonds is 7. The Morgan fingerprint density at radius 3 is 1.23 bits per heavy atom. The van der Waals surface area contributed by atoms with Crippen LogP contribution >= 0.6 is 16.1 Å². The first kappa shape index (κ1) is 27.1. The van der Waals surface area contributed by atoms with E-state index in [0.29, 0.717) is 0 Å². The highest BCUT2D eigenvalue weighted by Crippen LogP contribution is 2.57. The summed E-state index contributed by atoms with van der Waals surface area (Å²) in [6.07, 6.45) is 0. The van der Waals surface area contributed by atoms with Crippen molar-refractivity contribution in [3.8, 4) is 11.5 Å². The minimum absolute atomic E-state index is 0.899. The topological polar surface area (TPSA) is 3.24 Å². The van der Waals surface area contributed by atoms with Gasteiger partial charge in [-0.2, -0.15) is 0 Å². The molecule has 0 fully saturated rings.